The number of aromatic amines is 1. The van der Waals surface area contributed by atoms with Gasteiger partial charge in [0.05, 0.1) is 12.4 Å². The molecule has 4 rings (SSSR count). The van der Waals surface area contributed by atoms with Crippen molar-refractivity contribution in [3.63, 3.8) is 0 Å². The number of fused-ring (bicyclic) bond motifs is 1. The van der Waals surface area contributed by atoms with E-state index in [0.717, 1.165) is 24.1 Å². The number of hydrogen-bond acceptors (Lipinski definition) is 4. The maximum absolute atomic E-state index is 12.6. The van der Waals surface area contributed by atoms with E-state index in [4.69, 9.17) is 0 Å². The van der Waals surface area contributed by atoms with Crippen molar-refractivity contribution in [3.8, 4) is 0 Å². The zero-order valence-corrected chi connectivity index (χ0v) is 13.2. The van der Waals surface area contributed by atoms with Gasteiger partial charge in [0.15, 0.2) is 5.69 Å². The van der Waals surface area contributed by atoms with Crippen LogP contribution in [0.5, 0.6) is 0 Å². The van der Waals surface area contributed by atoms with E-state index < -0.39 is 0 Å². The Labute approximate surface area is 139 Å². The van der Waals surface area contributed by atoms with E-state index in [9.17, 15) is 4.79 Å². The van der Waals surface area contributed by atoms with Gasteiger partial charge in [-0.25, -0.2) is 0 Å². The number of nitrogens with one attached hydrogen (secondary N) is 1. The number of amides is 1. The van der Waals surface area contributed by atoms with Gasteiger partial charge in [-0.05, 0) is 12.0 Å². The molecule has 1 aromatic carbocycles. The lowest BCUT2D eigenvalue weighted by Gasteiger charge is -2.25. The molecule has 0 saturated heterocycles. The zero-order valence-electron chi connectivity index (χ0n) is 13.2. The quantitative estimate of drug-likeness (QED) is 0.788. The van der Waals surface area contributed by atoms with Gasteiger partial charge in [0.2, 0.25) is 0 Å². The van der Waals surface area contributed by atoms with Gasteiger partial charge in [0.1, 0.15) is 0 Å². The van der Waals surface area contributed by atoms with Crippen molar-refractivity contribution in [1.29, 1.82) is 0 Å². The molecule has 0 radical (unpaired) electrons. The standard InChI is InChI=1S/C17H18N6O/c24-17(22-8-7-15-14(11-22)10-18-19-15)16-12-23(21-20-16)9-6-13-4-2-1-3-5-13/h1-5,10,12H,6-9,11H2,(H,18,19). The number of carbonyl (C=O) groups excluding carboxylic acids is 1. The van der Waals surface area contributed by atoms with Gasteiger partial charge in [0, 0.05) is 37.3 Å². The topological polar surface area (TPSA) is 79.7 Å². The minimum atomic E-state index is -0.0761. The van der Waals surface area contributed by atoms with Crippen molar-refractivity contribution in [2.75, 3.05) is 6.54 Å². The molecule has 24 heavy (non-hydrogen) atoms. The summed E-state index contributed by atoms with van der Waals surface area (Å²) in [6.07, 6.45) is 5.17. The number of aryl methyl sites for hydroxylation is 2. The summed E-state index contributed by atoms with van der Waals surface area (Å²) >= 11 is 0. The molecule has 3 heterocycles. The number of H-pyrrole nitrogens is 1. The summed E-state index contributed by atoms with van der Waals surface area (Å²) < 4.78 is 1.73. The molecule has 0 saturated carbocycles. The number of benzene rings is 1. The van der Waals surface area contributed by atoms with Gasteiger partial charge >= 0.3 is 0 Å². The molecule has 0 bridgehead atoms. The Kier molecular flexibility index (Phi) is 3.82. The molecule has 0 atom stereocenters. The Morgan fingerprint density at radius 3 is 3.00 bits per heavy atom. The minimum absolute atomic E-state index is 0.0761. The molecular weight excluding hydrogens is 304 g/mol. The fraction of sp³-hybridized carbons (Fsp3) is 0.294. The molecule has 1 aliphatic rings. The van der Waals surface area contributed by atoms with Crippen molar-refractivity contribution < 1.29 is 4.79 Å². The summed E-state index contributed by atoms with van der Waals surface area (Å²) in [7, 11) is 0. The lowest BCUT2D eigenvalue weighted by molar-refractivity contribution is 0.0728. The van der Waals surface area contributed by atoms with E-state index >= 15 is 0 Å². The third kappa shape index (κ3) is 2.92. The molecule has 0 aliphatic carbocycles. The van der Waals surface area contributed by atoms with Crippen molar-refractivity contribution in [1.82, 2.24) is 30.1 Å². The van der Waals surface area contributed by atoms with Crippen LogP contribution in [0.2, 0.25) is 0 Å². The average Bonchev–Trinajstić information content (AvgIpc) is 3.29. The first kappa shape index (κ1) is 14.6. The van der Waals surface area contributed by atoms with Crippen molar-refractivity contribution in [2.24, 2.45) is 0 Å². The highest BCUT2D eigenvalue weighted by molar-refractivity contribution is 5.92. The normalized spacial score (nSPS) is 13.8. The summed E-state index contributed by atoms with van der Waals surface area (Å²) in [5.74, 6) is -0.0761. The first-order valence-electron chi connectivity index (χ1n) is 8.04. The molecule has 3 aromatic rings. The van der Waals surface area contributed by atoms with Gasteiger partial charge in [-0.15, -0.1) is 5.10 Å². The second-order valence-electron chi connectivity index (χ2n) is 5.95. The lowest BCUT2D eigenvalue weighted by atomic mass is 10.1. The van der Waals surface area contributed by atoms with Crippen LogP contribution in [-0.4, -0.2) is 42.5 Å². The third-order valence-electron chi connectivity index (χ3n) is 4.32. The fourth-order valence-electron chi connectivity index (χ4n) is 2.95. The van der Waals surface area contributed by atoms with Crippen LogP contribution in [0, 0.1) is 0 Å². The van der Waals surface area contributed by atoms with Gasteiger partial charge < -0.3 is 4.90 Å². The molecule has 122 valence electrons. The Bertz CT molecular complexity index is 838. The van der Waals surface area contributed by atoms with Gasteiger partial charge in [0.25, 0.3) is 5.91 Å². The number of nitrogens with zero attached hydrogens (tertiary/aromatic N) is 5. The van der Waals surface area contributed by atoms with Crippen LogP contribution in [0.25, 0.3) is 0 Å². The maximum Gasteiger partial charge on any atom is 0.276 e. The predicted molar refractivity (Wildman–Crippen MR) is 87.2 cm³/mol. The number of hydrogen-bond donors (Lipinski definition) is 1. The number of carbonyl (C=O) groups is 1. The molecule has 1 N–H and O–H groups in total. The van der Waals surface area contributed by atoms with E-state index in [1.165, 1.54) is 5.56 Å². The Morgan fingerprint density at radius 1 is 1.25 bits per heavy atom. The second kappa shape index (κ2) is 6.27. The third-order valence-corrected chi connectivity index (χ3v) is 4.32. The summed E-state index contributed by atoms with van der Waals surface area (Å²) in [5.41, 5.74) is 3.83. The smallest absolute Gasteiger partial charge is 0.276 e. The van der Waals surface area contributed by atoms with Crippen molar-refractivity contribution >= 4 is 5.91 Å². The number of aromatic nitrogens is 5. The Hall–Kier alpha value is -2.96. The van der Waals surface area contributed by atoms with E-state index in [1.807, 2.05) is 18.2 Å². The minimum Gasteiger partial charge on any atom is -0.332 e. The van der Waals surface area contributed by atoms with E-state index in [1.54, 1.807) is 22.0 Å². The van der Waals surface area contributed by atoms with Crippen LogP contribution >= 0.6 is 0 Å². The van der Waals surface area contributed by atoms with E-state index in [2.05, 4.69) is 32.6 Å². The van der Waals surface area contributed by atoms with Crippen LogP contribution in [0.1, 0.15) is 27.3 Å². The van der Waals surface area contributed by atoms with E-state index in [0.29, 0.717) is 25.3 Å². The SMILES string of the molecule is O=C(c1cn(CCc2ccccc2)nn1)N1CCc2[nH]ncc2C1. The molecule has 7 nitrogen and oxygen atoms in total. The molecular formula is C17H18N6O. The first-order chi connectivity index (χ1) is 11.8. The summed E-state index contributed by atoms with van der Waals surface area (Å²) in [4.78, 5) is 14.4. The van der Waals surface area contributed by atoms with Crippen LogP contribution in [0.4, 0.5) is 0 Å². The summed E-state index contributed by atoms with van der Waals surface area (Å²) in [6, 6.07) is 10.2. The fourth-order valence-corrected chi connectivity index (χ4v) is 2.95. The molecule has 7 heteroatoms. The van der Waals surface area contributed by atoms with Gasteiger partial charge in [-0.1, -0.05) is 35.5 Å². The van der Waals surface area contributed by atoms with Crippen LogP contribution < -0.4 is 0 Å². The molecule has 2 aromatic heterocycles. The van der Waals surface area contributed by atoms with Gasteiger partial charge in [-0.3, -0.25) is 14.6 Å². The zero-order chi connectivity index (χ0) is 16.4. The predicted octanol–water partition coefficient (Wildman–Crippen LogP) is 1.44. The van der Waals surface area contributed by atoms with Crippen LogP contribution in [0.15, 0.2) is 42.7 Å². The Morgan fingerprint density at radius 2 is 2.12 bits per heavy atom. The highest BCUT2D eigenvalue weighted by Crippen LogP contribution is 2.17. The second-order valence-corrected chi connectivity index (χ2v) is 5.95. The molecule has 1 amide bonds. The largest absolute Gasteiger partial charge is 0.332 e. The maximum atomic E-state index is 12.6. The molecule has 0 unspecified atom stereocenters. The van der Waals surface area contributed by atoms with Crippen LogP contribution in [-0.2, 0) is 25.9 Å². The first-order valence-corrected chi connectivity index (χ1v) is 8.04. The van der Waals surface area contributed by atoms with E-state index in [-0.39, 0.29) is 5.91 Å². The average molecular weight is 322 g/mol. The summed E-state index contributed by atoms with van der Waals surface area (Å²) in [6.45, 7) is 1.95. The molecule has 1 aliphatic heterocycles. The van der Waals surface area contributed by atoms with Crippen molar-refractivity contribution in [3.05, 3.63) is 65.2 Å². The number of rotatable bonds is 4. The van der Waals surface area contributed by atoms with Gasteiger partial charge in [-0.2, -0.15) is 5.10 Å². The lowest BCUT2D eigenvalue weighted by Crippen LogP contribution is -2.35. The highest BCUT2D eigenvalue weighted by atomic mass is 16.2. The molecule has 0 fully saturated rings. The Balaban J connectivity index is 1.40. The monoisotopic (exact) mass is 322 g/mol. The molecule has 0 spiro atoms. The van der Waals surface area contributed by atoms with Crippen molar-refractivity contribution in [2.45, 2.75) is 25.9 Å². The summed E-state index contributed by atoms with van der Waals surface area (Å²) in [5, 5.41) is 15.1. The van der Waals surface area contributed by atoms with Crippen LogP contribution in [0.3, 0.4) is 0 Å². The highest BCUT2D eigenvalue weighted by Gasteiger charge is 2.24.